The van der Waals surface area contributed by atoms with E-state index in [1.165, 1.54) is 42.9 Å². The van der Waals surface area contributed by atoms with Gasteiger partial charge in [-0.25, -0.2) is 0 Å². The average molecular weight is 261 g/mol. The minimum Gasteiger partial charge on any atom is -0.388 e. The molecule has 0 saturated heterocycles. The summed E-state index contributed by atoms with van der Waals surface area (Å²) in [5.41, 5.74) is 4.17. The molecule has 0 atom stereocenters. The van der Waals surface area contributed by atoms with Gasteiger partial charge in [0.05, 0.1) is 0 Å². The zero-order valence-electron chi connectivity index (χ0n) is 12.6. The van der Waals surface area contributed by atoms with E-state index in [2.05, 4.69) is 47.2 Å². The summed E-state index contributed by atoms with van der Waals surface area (Å²) in [6.45, 7) is 10.3. The van der Waals surface area contributed by atoms with Crippen molar-refractivity contribution >= 4 is 11.4 Å². The van der Waals surface area contributed by atoms with Crippen LogP contribution in [0.5, 0.6) is 0 Å². The predicted octanol–water partition coefficient (Wildman–Crippen LogP) is 2.82. The Bertz CT molecular complexity index is 399. The molecule has 3 heteroatoms. The van der Waals surface area contributed by atoms with E-state index in [0.717, 1.165) is 19.6 Å². The topological polar surface area (TPSA) is 18.5 Å². The summed E-state index contributed by atoms with van der Waals surface area (Å²) in [6, 6.07) is 6.77. The fourth-order valence-corrected chi connectivity index (χ4v) is 2.86. The number of likely N-dealkylation sites (N-methyl/N-ethyl adjacent to an activating group) is 1. The van der Waals surface area contributed by atoms with Gasteiger partial charge in [0, 0.05) is 38.1 Å². The number of nitrogens with zero attached hydrogens (tertiary/aromatic N) is 2. The fraction of sp³-hybridized carbons (Fsp3) is 0.625. The first-order valence-electron chi connectivity index (χ1n) is 7.56. The van der Waals surface area contributed by atoms with Crippen molar-refractivity contribution in [1.29, 1.82) is 0 Å². The maximum absolute atomic E-state index is 3.23. The average Bonchev–Trinajstić information content (AvgIpc) is 2.47. The van der Waals surface area contributed by atoms with Crippen molar-refractivity contribution in [2.75, 3.05) is 50.0 Å². The van der Waals surface area contributed by atoms with Crippen LogP contribution in [0.2, 0.25) is 0 Å². The van der Waals surface area contributed by atoms with Crippen molar-refractivity contribution in [3.63, 3.8) is 0 Å². The third-order valence-electron chi connectivity index (χ3n) is 4.16. The predicted molar refractivity (Wildman–Crippen MR) is 84.3 cm³/mol. The second-order valence-corrected chi connectivity index (χ2v) is 5.21. The van der Waals surface area contributed by atoms with E-state index in [-0.39, 0.29) is 0 Å². The van der Waals surface area contributed by atoms with Crippen LogP contribution in [0.25, 0.3) is 0 Å². The highest BCUT2D eigenvalue weighted by Gasteiger charge is 2.17. The second kappa shape index (κ2) is 6.80. The van der Waals surface area contributed by atoms with Gasteiger partial charge in [0.15, 0.2) is 0 Å². The molecule has 0 saturated carbocycles. The van der Waals surface area contributed by atoms with Crippen molar-refractivity contribution in [2.24, 2.45) is 0 Å². The monoisotopic (exact) mass is 261 g/mol. The summed E-state index contributed by atoms with van der Waals surface area (Å²) >= 11 is 0. The molecule has 106 valence electrons. The zero-order chi connectivity index (χ0) is 13.7. The summed E-state index contributed by atoms with van der Waals surface area (Å²) in [5.74, 6) is 0. The Balaban J connectivity index is 2.05. The van der Waals surface area contributed by atoms with Gasteiger partial charge in [-0.2, -0.15) is 0 Å². The first-order valence-corrected chi connectivity index (χ1v) is 7.56. The van der Waals surface area contributed by atoms with Gasteiger partial charge < -0.3 is 15.1 Å². The van der Waals surface area contributed by atoms with E-state index in [0.29, 0.717) is 0 Å². The number of fused-ring (bicyclic) bond motifs is 1. The number of benzene rings is 1. The molecular weight excluding hydrogens is 234 g/mol. The molecular formula is C16H27N3. The zero-order valence-corrected chi connectivity index (χ0v) is 12.6. The fourth-order valence-electron chi connectivity index (χ4n) is 2.86. The Kier molecular flexibility index (Phi) is 5.08. The first kappa shape index (κ1) is 14.2. The molecule has 1 aromatic carbocycles. The van der Waals surface area contributed by atoms with Crippen molar-refractivity contribution in [3.8, 4) is 0 Å². The van der Waals surface area contributed by atoms with Gasteiger partial charge in [-0.15, -0.1) is 0 Å². The Morgan fingerprint density at radius 3 is 2.74 bits per heavy atom. The molecule has 0 amide bonds. The summed E-state index contributed by atoms with van der Waals surface area (Å²) in [5, 5.41) is 3.23. The molecule has 1 aromatic rings. The SMILES string of the molecule is CCN(CC)CCN1CCCc2cc(NC)ccc21. The van der Waals surface area contributed by atoms with E-state index in [9.17, 15) is 0 Å². The van der Waals surface area contributed by atoms with Gasteiger partial charge in [0.25, 0.3) is 0 Å². The molecule has 1 aliphatic rings. The molecule has 19 heavy (non-hydrogen) atoms. The molecule has 0 spiro atoms. The Morgan fingerprint density at radius 2 is 2.05 bits per heavy atom. The number of hydrogen-bond donors (Lipinski definition) is 1. The van der Waals surface area contributed by atoms with Gasteiger partial charge in [-0.3, -0.25) is 0 Å². The van der Waals surface area contributed by atoms with Crippen molar-refractivity contribution in [3.05, 3.63) is 23.8 Å². The molecule has 1 aliphatic heterocycles. The third-order valence-corrected chi connectivity index (χ3v) is 4.16. The van der Waals surface area contributed by atoms with E-state index in [1.807, 2.05) is 7.05 Å². The molecule has 0 bridgehead atoms. The van der Waals surface area contributed by atoms with Crippen LogP contribution in [0.3, 0.4) is 0 Å². The Hall–Kier alpha value is -1.22. The van der Waals surface area contributed by atoms with Crippen molar-refractivity contribution in [2.45, 2.75) is 26.7 Å². The highest BCUT2D eigenvalue weighted by Crippen LogP contribution is 2.29. The first-order chi connectivity index (χ1) is 9.28. The maximum atomic E-state index is 3.23. The smallest absolute Gasteiger partial charge is 0.0400 e. The number of rotatable bonds is 6. The van der Waals surface area contributed by atoms with E-state index in [1.54, 1.807) is 0 Å². The van der Waals surface area contributed by atoms with E-state index >= 15 is 0 Å². The van der Waals surface area contributed by atoms with Crippen molar-refractivity contribution in [1.82, 2.24) is 4.90 Å². The summed E-state index contributed by atoms with van der Waals surface area (Å²) in [4.78, 5) is 5.05. The minimum atomic E-state index is 1.15. The Labute approximate surface area is 117 Å². The minimum absolute atomic E-state index is 1.15. The second-order valence-electron chi connectivity index (χ2n) is 5.21. The highest BCUT2D eigenvalue weighted by atomic mass is 15.2. The lowest BCUT2D eigenvalue weighted by Gasteiger charge is -2.33. The molecule has 0 aliphatic carbocycles. The number of nitrogens with one attached hydrogen (secondary N) is 1. The number of anilines is 2. The summed E-state index contributed by atoms with van der Waals surface area (Å²) in [6.07, 6.45) is 2.49. The quantitative estimate of drug-likeness (QED) is 0.849. The number of aryl methyl sites for hydroxylation is 1. The Morgan fingerprint density at radius 1 is 1.26 bits per heavy atom. The van der Waals surface area contributed by atoms with Crippen LogP contribution < -0.4 is 10.2 Å². The van der Waals surface area contributed by atoms with Crippen LogP contribution in [0.4, 0.5) is 11.4 Å². The molecule has 3 nitrogen and oxygen atoms in total. The molecule has 0 fully saturated rings. The van der Waals surface area contributed by atoms with Gasteiger partial charge in [0.1, 0.15) is 0 Å². The maximum Gasteiger partial charge on any atom is 0.0400 e. The molecule has 0 unspecified atom stereocenters. The molecule has 1 N–H and O–H groups in total. The molecule has 0 aromatic heterocycles. The normalized spacial score (nSPS) is 14.6. The van der Waals surface area contributed by atoms with Crippen LogP contribution in [0, 0.1) is 0 Å². The summed E-state index contributed by atoms with van der Waals surface area (Å²) in [7, 11) is 1.99. The van der Waals surface area contributed by atoms with Crippen LogP contribution in [-0.4, -0.2) is 44.7 Å². The van der Waals surface area contributed by atoms with Crippen molar-refractivity contribution < 1.29 is 0 Å². The van der Waals surface area contributed by atoms with Crippen LogP contribution >= 0.6 is 0 Å². The molecule has 1 heterocycles. The number of hydrogen-bond acceptors (Lipinski definition) is 3. The van der Waals surface area contributed by atoms with Gasteiger partial charge in [0.2, 0.25) is 0 Å². The van der Waals surface area contributed by atoms with E-state index < -0.39 is 0 Å². The van der Waals surface area contributed by atoms with Crippen LogP contribution in [0.15, 0.2) is 18.2 Å². The lowest BCUT2D eigenvalue weighted by atomic mass is 10.0. The third kappa shape index (κ3) is 3.41. The highest BCUT2D eigenvalue weighted by molar-refractivity contribution is 5.62. The van der Waals surface area contributed by atoms with Gasteiger partial charge in [-0.05, 0) is 49.7 Å². The lowest BCUT2D eigenvalue weighted by molar-refractivity contribution is 0.308. The molecule has 2 rings (SSSR count). The van der Waals surface area contributed by atoms with E-state index in [4.69, 9.17) is 0 Å². The largest absolute Gasteiger partial charge is 0.388 e. The van der Waals surface area contributed by atoms with Gasteiger partial charge in [-0.1, -0.05) is 13.8 Å². The van der Waals surface area contributed by atoms with Crippen LogP contribution in [-0.2, 0) is 6.42 Å². The lowest BCUT2D eigenvalue weighted by Crippen LogP contribution is -2.37. The van der Waals surface area contributed by atoms with Crippen LogP contribution in [0.1, 0.15) is 25.8 Å². The summed E-state index contributed by atoms with van der Waals surface area (Å²) < 4.78 is 0. The molecule has 0 radical (unpaired) electrons. The standard InChI is InChI=1S/C16H27N3/c1-4-18(5-2)11-12-19-10-6-7-14-13-15(17-3)8-9-16(14)19/h8-9,13,17H,4-7,10-12H2,1-3H3. The van der Waals surface area contributed by atoms with Gasteiger partial charge >= 0.3 is 0 Å².